The average Bonchev–Trinajstić information content (AvgIpc) is 3.64. The van der Waals surface area contributed by atoms with Crippen molar-refractivity contribution in [2.24, 2.45) is 16.6 Å². The van der Waals surface area contributed by atoms with E-state index in [1.165, 1.54) is 81.8 Å². The normalized spacial score (nSPS) is 12.4. The van der Waals surface area contributed by atoms with E-state index < -0.39 is 0 Å². The van der Waals surface area contributed by atoms with E-state index in [4.69, 9.17) is 5.73 Å². The van der Waals surface area contributed by atoms with Gasteiger partial charge in [-0.2, -0.15) is 12.6 Å². The average molecular weight is 542 g/mol. The van der Waals surface area contributed by atoms with Gasteiger partial charge in [0.15, 0.2) is 0 Å². The Bertz CT molecular complexity index is 561. The van der Waals surface area contributed by atoms with Gasteiger partial charge in [-0.25, -0.2) is 0 Å². The van der Waals surface area contributed by atoms with Gasteiger partial charge in [-0.05, 0) is 92.2 Å². The van der Waals surface area contributed by atoms with Crippen LogP contribution in [0.2, 0.25) is 0 Å². The molecule has 3 N–H and O–H groups in total. The van der Waals surface area contributed by atoms with Crippen LogP contribution in [0.1, 0.15) is 158 Å². The highest BCUT2D eigenvalue weighted by atomic mass is 32.1. The summed E-state index contributed by atoms with van der Waals surface area (Å²) in [5.74, 6) is 0.516. The molecule has 0 atom stereocenters. The Morgan fingerprint density at radius 1 is 0.811 bits per heavy atom. The van der Waals surface area contributed by atoms with Gasteiger partial charge in [-0.15, -0.1) is 0 Å². The monoisotopic (exact) mass is 542 g/mol. The largest absolute Gasteiger partial charge is 0.508 e. The quantitative estimate of drug-likeness (QED) is 0.182. The Morgan fingerprint density at radius 3 is 1.76 bits per heavy atom. The SMILES string of the molecule is CC.CC.CC.CC(C)(C)CCCCCCc1c(O)cccc1CCCCCC1(C)CC1.CCN.CS. The zero-order chi connectivity index (χ0) is 29.8. The van der Waals surface area contributed by atoms with E-state index in [0.29, 0.717) is 16.6 Å². The molecule has 0 spiro atoms. The standard InChI is InChI=1S/C25H42O.C2H7N.3C2H6.CH4S/c1-24(2,3)17-10-6-5-9-15-22-21(14-12-16-23(22)26)13-8-7-11-18-25(4)19-20-25;1-2-3;4*1-2/h12,14,16,26H,5-11,13,15,17-20H2,1-4H3;2-3H2,1H3;3*1-2H3;2H,1H3. The molecule has 0 aliphatic heterocycles. The van der Waals surface area contributed by atoms with Crippen LogP contribution >= 0.6 is 12.6 Å². The number of hydrogen-bond donors (Lipinski definition) is 3. The van der Waals surface area contributed by atoms with Gasteiger partial charge < -0.3 is 10.8 Å². The number of hydrogen-bond acceptors (Lipinski definition) is 3. The van der Waals surface area contributed by atoms with E-state index in [-0.39, 0.29) is 0 Å². The molecule has 224 valence electrons. The van der Waals surface area contributed by atoms with E-state index in [0.717, 1.165) is 19.4 Å². The van der Waals surface area contributed by atoms with Crippen LogP contribution in [0, 0.1) is 10.8 Å². The highest BCUT2D eigenvalue weighted by Crippen LogP contribution is 2.49. The molecule has 37 heavy (non-hydrogen) atoms. The van der Waals surface area contributed by atoms with Gasteiger partial charge in [0.2, 0.25) is 0 Å². The lowest BCUT2D eigenvalue weighted by Gasteiger charge is -2.17. The predicted octanol–water partition coefficient (Wildman–Crippen LogP) is 11.4. The molecule has 0 radical (unpaired) electrons. The van der Waals surface area contributed by atoms with Gasteiger partial charge in [-0.1, -0.05) is 120 Å². The molecule has 0 heterocycles. The molecular weight excluding hydrogens is 470 g/mol. The first-order valence-corrected chi connectivity index (χ1v) is 16.5. The van der Waals surface area contributed by atoms with Gasteiger partial charge in [0.05, 0.1) is 0 Å². The second-order valence-electron chi connectivity index (χ2n) is 10.7. The van der Waals surface area contributed by atoms with Crippen LogP contribution in [-0.2, 0) is 12.8 Å². The third-order valence-corrected chi connectivity index (χ3v) is 6.18. The maximum absolute atomic E-state index is 10.3. The molecule has 0 bridgehead atoms. The Morgan fingerprint density at radius 2 is 1.27 bits per heavy atom. The summed E-state index contributed by atoms with van der Waals surface area (Å²) < 4.78 is 0. The summed E-state index contributed by atoms with van der Waals surface area (Å²) in [5.41, 5.74) is 8.61. The fourth-order valence-electron chi connectivity index (χ4n) is 3.96. The molecule has 1 aromatic rings. The maximum atomic E-state index is 10.3. The third kappa shape index (κ3) is 28.2. The second kappa shape index (κ2) is 29.9. The Balaban J connectivity index is -0.000000434. The fourth-order valence-corrected chi connectivity index (χ4v) is 3.96. The minimum absolute atomic E-state index is 0.460. The first kappa shape index (κ1) is 43.4. The molecule has 2 rings (SSSR count). The van der Waals surface area contributed by atoms with Gasteiger partial charge in [0.25, 0.3) is 0 Å². The zero-order valence-electron chi connectivity index (χ0n) is 27.6. The molecule has 3 heteroatoms. The van der Waals surface area contributed by atoms with Gasteiger partial charge in [0, 0.05) is 0 Å². The van der Waals surface area contributed by atoms with Gasteiger partial charge in [0.1, 0.15) is 5.75 Å². The number of phenols is 1. The highest BCUT2D eigenvalue weighted by molar-refractivity contribution is 7.79. The Labute approximate surface area is 241 Å². The lowest BCUT2D eigenvalue weighted by atomic mass is 9.89. The molecule has 0 unspecified atom stereocenters. The van der Waals surface area contributed by atoms with Crippen LogP contribution in [0.4, 0.5) is 0 Å². The first-order chi connectivity index (χ1) is 17.7. The molecule has 1 aliphatic carbocycles. The van der Waals surface area contributed by atoms with E-state index in [2.05, 4.69) is 46.4 Å². The molecule has 0 saturated heterocycles. The number of aryl methyl sites for hydroxylation is 1. The third-order valence-electron chi connectivity index (χ3n) is 6.18. The Kier molecular flexibility index (Phi) is 35.0. The topological polar surface area (TPSA) is 46.2 Å². The number of benzene rings is 1. The van der Waals surface area contributed by atoms with Crippen LogP contribution in [0.15, 0.2) is 18.2 Å². The van der Waals surface area contributed by atoms with Gasteiger partial charge >= 0.3 is 0 Å². The molecular formula is C34H71NOS. The number of aromatic hydroxyl groups is 1. The maximum Gasteiger partial charge on any atom is 0.119 e. The van der Waals surface area contributed by atoms with Crippen molar-refractivity contribution in [1.82, 2.24) is 0 Å². The Hall–Kier alpha value is -0.670. The summed E-state index contributed by atoms with van der Waals surface area (Å²) in [7, 11) is 0. The minimum atomic E-state index is 0.460. The summed E-state index contributed by atoms with van der Waals surface area (Å²) in [6, 6.07) is 6.12. The van der Waals surface area contributed by atoms with Crippen molar-refractivity contribution in [1.29, 1.82) is 0 Å². The summed E-state index contributed by atoms with van der Waals surface area (Å²) >= 11 is 3.53. The van der Waals surface area contributed by atoms with Crippen LogP contribution in [0.5, 0.6) is 5.75 Å². The summed E-state index contributed by atoms with van der Waals surface area (Å²) in [4.78, 5) is 0. The molecule has 2 nitrogen and oxygen atoms in total. The zero-order valence-corrected chi connectivity index (χ0v) is 28.5. The van der Waals surface area contributed by atoms with Crippen LogP contribution < -0.4 is 5.73 Å². The number of phenolic OH excluding ortho intramolecular Hbond substituents is 1. The van der Waals surface area contributed by atoms with Crippen LogP contribution in [0.3, 0.4) is 0 Å². The van der Waals surface area contributed by atoms with Crippen molar-refractivity contribution >= 4 is 12.6 Å². The number of thiol groups is 1. The molecule has 0 aromatic heterocycles. The van der Waals surface area contributed by atoms with E-state index >= 15 is 0 Å². The molecule has 0 amide bonds. The van der Waals surface area contributed by atoms with Crippen LogP contribution in [0.25, 0.3) is 0 Å². The molecule has 1 fully saturated rings. The fraction of sp³-hybridized carbons (Fsp3) is 0.824. The lowest BCUT2D eigenvalue weighted by Crippen LogP contribution is -2.04. The lowest BCUT2D eigenvalue weighted by molar-refractivity contribution is 0.357. The molecule has 1 saturated carbocycles. The van der Waals surface area contributed by atoms with Crippen LogP contribution in [-0.4, -0.2) is 17.9 Å². The molecule has 1 aliphatic rings. The van der Waals surface area contributed by atoms with Crippen molar-refractivity contribution in [2.45, 2.75) is 160 Å². The second-order valence-corrected chi connectivity index (χ2v) is 10.7. The summed E-state index contributed by atoms with van der Waals surface area (Å²) in [6.45, 7) is 24.1. The van der Waals surface area contributed by atoms with Crippen molar-refractivity contribution < 1.29 is 5.11 Å². The first-order valence-electron chi connectivity index (χ1n) is 15.7. The number of nitrogens with two attached hydrogens (primary N) is 1. The highest BCUT2D eigenvalue weighted by Gasteiger charge is 2.35. The van der Waals surface area contributed by atoms with E-state index in [1.807, 2.05) is 60.6 Å². The molecule has 1 aromatic carbocycles. The van der Waals surface area contributed by atoms with Crippen molar-refractivity contribution in [3.8, 4) is 5.75 Å². The number of rotatable bonds is 12. The van der Waals surface area contributed by atoms with Crippen molar-refractivity contribution in [3.63, 3.8) is 0 Å². The number of unbranched alkanes of at least 4 members (excludes halogenated alkanes) is 5. The van der Waals surface area contributed by atoms with Gasteiger partial charge in [-0.3, -0.25) is 0 Å². The van der Waals surface area contributed by atoms with Crippen molar-refractivity contribution in [2.75, 3.05) is 12.8 Å². The summed E-state index contributed by atoms with van der Waals surface area (Å²) in [5, 5.41) is 10.3. The summed E-state index contributed by atoms with van der Waals surface area (Å²) in [6.07, 6.45) is 18.6. The smallest absolute Gasteiger partial charge is 0.119 e. The van der Waals surface area contributed by atoms with Crippen molar-refractivity contribution in [3.05, 3.63) is 29.3 Å². The minimum Gasteiger partial charge on any atom is -0.508 e. The predicted molar refractivity (Wildman–Crippen MR) is 178 cm³/mol. The van der Waals surface area contributed by atoms with E-state index in [9.17, 15) is 5.11 Å². The van der Waals surface area contributed by atoms with E-state index in [1.54, 1.807) is 6.26 Å².